The van der Waals surface area contributed by atoms with Crippen molar-refractivity contribution in [2.45, 2.75) is 19.4 Å². The van der Waals surface area contributed by atoms with Gasteiger partial charge in [-0.3, -0.25) is 0 Å². The van der Waals surface area contributed by atoms with Crippen molar-refractivity contribution in [3.63, 3.8) is 0 Å². The summed E-state index contributed by atoms with van der Waals surface area (Å²) in [6, 6.07) is 13.0. The summed E-state index contributed by atoms with van der Waals surface area (Å²) in [5, 5.41) is 0. The van der Waals surface area contributed by atoms with Gasteiger partial charge >= 0.3 is 0 Å². The van der Waals surface area contributed by atoms with Gasteiger partial charge in [0.05, 0.1) is 6.04 Å². The number of likely N-dealkylation sites (N-methyl/N-ethyl adjacent to an activating group) is 1. The van der Waals surface area contributed by atoms with Crippen LogP contribution in [0.2, 0.25) is 0 Å². The van der Waals surface area contributed by atoms with Gasteiger partial charge in [0.2, 0.25) is 0 Å². The molecule has 0 saturated carbocycles. The zero-order chi connectivity index (χ0) is 15.1. The average Bonchev–Trinajstić information content (AvgIpc) is 3.10. The van der Waals surface area contributed by atoms with Gasteiger partial charge in [-0.25, -0.2) is 9.97 Å². The highest BCUT2D eigenvalue weighted by molar-refractivity contribution is 5.77. The molecule has 0 N–H and O–H groups in total. The third-order valence-electron chi connectivity index (χ3n) is 4.46. The first-order valence-corrected chi connectivity index (χ1v) is 7.81. The maximum absolute atomic E-state index is 4.88. The SMILES string of the molecule is Cc1cccc(-c2nc3cccnc3n2C2CCN(C)C2)c1. The van der Waals surface area contributed by atoms with Crippen LogP contribution in [-0.2, 0) is 0 Å². The van der Waals surface area contributed by atoms with Crippen LogP contribution >= 0.6 is 0 Å². The molecule has 0 bridgehead atoms. The first-order chi connectivity index (χ1) is 10.7. The average molecular weight is 292 g/mol. The molecular formula is C18H20N4. The lowest BCUT2D eigenvalue weighted by atomic mass is 10.1. The summed E-state index contributed by atoms with van der Waals surface area (Å²) in [4.78, 5) is 11.9. The number of hydrogen-bond acceptors (Lipinski definition) is 3. The molecule has 4 nitrogen and oxygen atoms in total. The fraction of sp³-hybridized carbons (Fsp3) is 0.333. The number of fused-ring (bicyclic) bond motifs is 1. The van der Waals surface area contributed by atoms with Gasteiger partial charge in [-0.1, -0.05) is 23.8 Å². The second-order valence-corrected chi connectivity index (χ2v) is 6.23. The number of aromatic nitrogens is 3. The lowest BCUT2D eigenvalue weighted by molar-refractivity contribution is 0.395. The van der Waals surface area contributed by atoms with Crippen molar-refractivity contribution in [1.29, 1.82) is 0 Å². The third kappa shape index (κ3) is 2.20. The second-order valence-electron chi connectivity index (χ2n) is 6.23. The number of likely N-dealkylation sites (tertiary alicyclic amines) is 1. The van der Waals surface area contributed by atoms with Crippen LogP contribution in [0.1, 0.15) is 18.0 Å². The maximum atomic E-state index is 4.88. The Morgan fingerprint density at radius 2 is 2.09 bits per heavy atom. The molecule has 4 rings (SSSR count). The highest BCUT2D eigenvalue weighted by Crippen LogP contribution is 2.31. The molecule has 0 radical (unpaired) electrons. The van der Waals surface area contributed by atoms with Crippen LogP contribution < -0.4 is 0 Å². The van der Waals surface area contributed by atoms with E-state index >= 15 is 0 Å². The van der Waals surface area contributed by atoms with Crippen molar-refractivity contribution < 1.29 is 0 Å². The molecule has 1 saturated heterocycles. The van der Waals surface area contributed by atoms with E-state index in [2.05, 4.69) is 58.8 Å². The first kappa shape index (κ1) is 13.5. The van der Waals surface area contributed by atoms with E-state index < -0.39 is 0 Å². The summed E-state index contributed by atoms with van der Waals surface area (Å²) in [6.07, 6.45) is 3.01. The molecule has 112 valence electrons. The van der Waals surface area contributed by atoms with Crippen molar-refractivity contribution in [3.05, 3.63) is 48.2 Å². The lowest BCUT2D eigenvalue weighted by Crippen LogP contribution is -2.17. The predicted octanol–water partition coefficient (Wildman–Crippen LogP) is 3.28. The van der Waals surface area contributed by atoms with Crippen molar-refractivity contribution in [3.8, 4) is 11.4 Å². The van der Waals surface area contributed by atoms with Gasteiger partial charge < -0.3 is 9.47 Å². The molecule has 1 atom stereocenters. The van der Waals surface area contributed by atoms with Crippen LogP contribution in [0.5, 0.6) is 0 Å². The Morgan fingerprint density at radius 3 is 2.86 bits per heavy atom. The number of hydrogen-bond donors (Lipinski definition) is 0. The summed E-state index contributed by atoms with van der Waals surface area (Å²) in [5.41, 5.74) is 4.41. The third-order valence-corrected chi connectivity index (χ3v) is 4.46. The molecule has 2 aromatic heterocycles. The van der Waals surface area contributed by atoms with Crippen LogP contribution in [0, 0.1) is 6.92 Å². The standard InChI is InChI=1S/C18H20N4/c1-13-5-3-6-14(11-13)17-20-16-7-4-9-19-18(16)22(17)15-8-10-21(2)12-15/h3-7,9,11,15H,8,10,12H2,1-2H3. The molecule has 1 aliphatic rings. The smallest absolute Gasteiger partial charge is 0.160 e. The summed E-state index contributed by atoms with van der Waals surface area (Å²) in [5.74, 6) is 1.04. The molecule has 1 aliphatic heterocycles. The molecule has 0 amide bonds. The summed E-state index contributed by atoms with van der Waals surface area (Å²) in [6.45, 7) is 4.31. The molecule has 3 heterocycles. The maximum Gasteiger partial charge on any atom is 0.160 e. The predicted molar refractivity (Wildman–Crippen MR) is 88.9 cm³/mol. The second kappa shape index (κ2) is 5.21. The highest BCUT2D eigenvalue weighted by atomic mass is 15.2. The van der Waals surface area contributed by atoms with Crippen molar-refractivity contribution >= 4 is 11.2 Å². The Balaban J connectivity index is 1.93. The monoisotopic (exact) mass is 292 g/mol. The number of pyridine rings is 1. The van der Waals surface area contributed by atoms with E-state index in [0.717, 1.165) is 36.5 Å². The van der Waals surface area contributed by atoms with Crippen LogP contribution in [0.15, 0.2) is 42.6 Å². The quantitative estimate of drug-likeness (QED) is 0.727. The van der Waals surface area contributed by atoms with Crippen LogP contribution in [0.4, 0.5) is 0 Å². The van der Waals surface area contributed by atoms with Gasteiger partial charge in [-0.2, -0.15) is 0 Å². The number of nitrogens with zero attached hydrogens (tertiary/aromatic N) is 4. The van der Waals surface area contributed by atoms with Crippen molar-refractivity contribution in [1.82, 2.24) is 19.4 Å². The minimum Gasteiger partial charge on any atom is -0.304 e. The number of aryl methyl sites for hydroxylation is 1. The van der Waals surface area contributed by atoms with Crippen molar-refractivity contribution in [2.24, 2.45) is 0 Å². The van der Waals surface area contributed by atoms with Gasteiger partial charge in [0, 0.05) is 18.3 Å². The molecular weight excluding hydrogens is 272 g/mol. The number of benzene rings is 1. The van der Waals surface area contributed by atoms with Crippen LogP contribution in [0.25, 0.3) is 22.6 Å². The minimum atomic E-state index is 0.445. The molecule has 0 aliphatic carbocycles. The molecule has 1 fully saturated rings. The molecule has 0 spiro atoms. The van der Waals surface area contributed by atoms with Gasteiger partial charge in [0.1, 0.15) is 11.3 Å². The fourth-order valence-corrected chi connectivity index (χ4v) is 3.39. The summed E-state index contributed by atoms with van der Waals surface area (Å²) >= 11 is 0. The minimum absolute atomic E-state index is 0.445. The molecule has 3 aromatic rings. The van der Waals surface area contributed by atoms with Gasteiger partial charge in [-0.05, 0) is 45.1 Å². The van der Waals surface area contributed by atoms with Crippen LogP contribution in [-0.4, -0.2) is 39.6 Å². The molecule has 1 aromatic carbocycles. The van der Waals surface area contributed by atoms with E-state index in [9.17, 15) is 0 Å². The Kier molecular flexibility index (Phi) is 3.19. The zero-order valence-corrected chi connectivity index (χ0v) is 13.0. The Bertz CT molecular complexity index is 821. The van der Waals surface area contributed by atoms with E-state index in [1.807, 2.05) is 12.3 Å². The van der Waals surface area contributed by atoms with Gasteiger partial charge in [0.25, 0.3) is 0 Å². The van der Waals surface area contributed by atoms with E-state index in [0.29, 0.717) is 6.04 Å². The lowest BCUT2D eigenvalue weighted by Gasteiger charge is -2.16. The molecule has 1 unspecified atom stereocenters. The van der Waals surface area contributed by atoms with Gasteiger partial charge in [0.15, 0.2) is 5.65 Å². The van der Waals surface area contributed by atoms with Gasteiger partial charge in [-0.15, -0.1) is 0 Å². The number of rotatable bonds is 2. The van der Waals surface area contributed by atoms with E-state index in [-0.39, 0.29) is 0 Å². The summed E-state index contributed by atoms with van der Waals surface area (Å²) in [7, 11) is 2.18. The van der Waals surface area contributed by atoms with E-state index in [1.54, 1.807) is 0 Å². The van der Waals surface area contributed by atoms with E-state index in [1.165, 1.54) is 11.1 Å². The van der Waals surface area contributed by atoms with E-state index in [4.69, 9.17) is 4.98 Å². The zero-order valence-electron chi connectivity index (χ0n) is 13.0. The number of imidazole rings is 1. The van der Waals surface area contributed by atoms with Crippen LogP contribution in [0.3, 0.4) is 0 Å². The normalized spacial score (nSPS) is 19.1. The highest BCUT2D eigenvalue weighted by Gasteiger charge is 2.26. The Morgan fingerprint density at radius 1 is 1.18 bits per heavy atom. The molecule has 4 heteroatoms. The first-order valence-electron chi connectivity index (χ1n) is 7.81. The summed E-state index contributed by atoms with van der Waals surface area (Å²) < 4.78 is 2.34. The Hall–Kier alpha value is -2.20. The largest absolute Gasteiger partial charge is 0.304 e. The van der Waals surface area contributed by atoms with Crippen molar-refractivity contribution in [2.75, 3.05) is 20.1 Å². The Labute approximate surface area is 130 Å². The molecule has 22 heavy (non-hydrogen) atoms. The fourth-order valence-electron chi connectivity index (χ4n) is 3.39. The topological polar surface area (TPSA) is 34.0 Å².